The lowest BCUT2D eigenvalue weighted by Crippen LogP contribution is -2.38. The molecule has 3 aliphatic rings. The van der Waals surface area contributed by atoms with Crippen LogP contribution in [0.5, 0.6) is 0 Å². The number of amides is 3. The smallest absolute Gasteiger partial charge is 0.404 e. The van der Waals surface area contributed by atoms with Crippen LogP contribution in [-0.4, -0.2) is 27.5 Å². The van der Waals surface area contributed by atoms with Crippen LogP contribution in [0.2, 0.25) is 0 Å². The van der Waals surface area contributed by atoms with Crippen molar-refractivity contribution in [3.8, 4) is 0 Å². The van der Waals surface area contributed by atoms with Crippen LogP contribution in [0.15, 0.2) is 53.0 Å². The Bertz CT molecular complexity index is 1120. The Kier molecular flexibility index (Phi) is 4.69. The molecule has 5 rings (SSSR count). The number of nitrogens with zero attached hydrogens (tertiary/aromatic N) is 2. The quantitative estimate of drug-likeness (QED) is 0.321. The van der Waals surface area contributed by atoms with Crippen LogP contribution in [0.1, 0.15) is 30.2 Å². The fourth-order valence-corrected chi connectivity index (χ4v) is 5.20. The van der Waals surface area contributed by atoms with E-state index in [4.69, 9.17) is 4.42 Å². The van der Waals surface area contributed by atoms with Gasteiger partial charge in [0.15, 0.2) is 0 Å². The van der Waals surface area contributed by atoms with Gasteiger partial charge < -0.3 is 9.73 Å². The standard InChI is InChI=1S/C23H21N3O6/c1-12-2-6-15(7-3-12)24-18(27)11-16(17-8-9-19(32-17)26(30)31)25-22(28)20-13-4-5-14(10-13)21(20)23(25)29/h2-9,13-14,16,20-21H,10-11H2,1H3,(H,24,27). The number of benzene rings is 1. The summed E-state index contributed by atoms with van der Waals surface area (Å²) in [6, 6.07) is 8.65. The second kappa shape index (κ2) is 7.44. The molecule has 1 N–H and O–H groups in total. The zero-order chi connectivity index (χ0) is 22.6. The molecule has 1 aliphatic heterocycles. The van der Waals surface area contributed by atoms with Gasteiger partial charge in [-0.25, -0.2) is 0 Å². The summed E-state index contributed by atoms with van der Waals surface area (Å²) in [7, 11) is 0. The van der Waals surface area contributed by atoms with Crippen LogP contribution in [-0.2, 0) is 14.4 Å². The number of furan rings is 1. The molecule has 0 spiro atoms. The molecule has 32 heavy (non-hydrogen) atoms. The summed E-state index contributed by atoms with van der Waals surface area (Å²) >= 11 is 0. The van der Waals surface area contributed by atoms with E-state index in [1.807, 2.05) is 31.2 Å². The van der Waals surface area contributed by atoms with Crippen molar-refractivity contribution in [2.45, 2.75) is 25.8 Å². The van der Waals surface area contributed by atoms with E-state index in [-0.39, 0.29) is 35.8 Å². The highest BCUT2D eigenvalue weighted by Crippen LogP contribution is 2.54. The van der Waals surface area contributed by atoms with Crippen molar-refractivity contribution in [1.29, 1.82) is 0 Å². The number of nitrogens with one attached hydrogen (secondary N) is 1. The van der Waals surface area contributed by atoms with Gasteiger partial charge in [-0.05, 0) is 43.4 Å². The van der Waals surface area contributed by atoms with E-state index < -0.39 is 34.6 Å². The van der Waals surface area contributed by atoms with Crippen molar-refractivity contribution in [1.82, 2.24) is 4.90 Å². The average Bonchev–Trinajstić information content (AvgIpc) is 3.53. The third kappa shape index (κ3) is 3.21. The molecule has 2 fully saturated rings. The second-order valence-electron chi connectivity index (χ2n) is 8.61. The van der Waals surface area contributed by atoms with Gasteiger partial charge in [0.05, 0.1) is 24.3 Å². The number of carbonyl (C=O) groups is 3. The van der Waals surface area contributed by atoms with Crippen LogP contribution >= 0.6 is 0 Å². The highest BCUT2D eigenvalue weighted by Gasteiger charge is 2.61. The molecule has 1 saturated carbocycles. The second-order valence-corrected chi connectivity index (χ2v) is 8.61. The van der Waals surface area contributed by atoms with Gasteiger partial charge in [0.1, 0.15) is 16.7 Å². The van der Waals surface area contributed by atoms with Crippen molar-refractivity contribution in [3.63, 3.8) is 0 Å². The molecule has 2 bridgehead atoms. The van der Waals surface area contributed by atoms with Crippen LogP contribution < -0.4 is 5.32 Å². The third-order valence-corrected chi connectivity index (χ3v) is 6.65. The minimum absolute atomic E-state index is 0.0134. The number of anilines is 1. The molecule has 0 radical (unpaired) electrons. The lowest BCUT2D eigenvalue weighted by atomic mass is 9.85. The first-order valence-electron chi connectivity index (χ1n) is 10.5. The monoisotopic (exact) mass is 435 g/mol. The van der Waals surface area contributed by atoms with Gasteiger partial charge in [-0.2, -0.15) is 0 Å². The van der Waals surface area contributed by atoms with Gasteiger partial charge in [0, 0.05) is 5.69 Å². The molecular formula is C23H21N3O6. The van der Waals surface area contributed by atoms with Crippen LogP contribution in [0.4, 0.5) is 11.6 Å². The topological polar surface area (TPSA) is 123 Å². The normalized spacial score (nSPS) is 26.5. The maximum atomic E-state index is 13.3. The number of likely N-dealkylation sites (tertiary alicyclic amines) is 1. The van der Waals surface area contributed by atoms with Crippen molar-refractivity contribution in [2.75, 3.05) is 5.32 Å². The summed E-state index contributed by atoms with van der Waals surface area (Å²) in [6.07, 6.45) is 4.48. The molecule has 5 unspecified atom stereocenters. The Labute approximate surface area is 183 Å². The lowest BCUT2D eigenvalue weighted by Gasteiger charge is -2.25. The van der Waals surface area contributed by atoms with E-state index >= 15 is 0 Å². The predicted molar refractivity (Wildman–Crippen MR) is 112 cm³/mol. The number of fused-ring (bicyclic) bond motifs is 5. The summed E-state index contributed by atoms with van der Waals surface area (Å²) in [5.41, 5.74) is 1.61. The molecule has 9 heteroatoms. The van der Waals surface area contributed by atoms with E-state index in [1.54, 1.807) is 12.1 Å². The Hall–Kier alpha value is -3.75. The summed E-state index contributed by atoms with van der Waals surface area (Å²) < 4.78 is 5.33. The number of rotatable bonds is 6. The molecule has 1 aromatic carbocycles. The van der Waals surface area contributed by atoms with Gasteiger partial charge in [-0.15, -0.1) is 0 Å². The predicted octanol–water partition coefficient (Wildman–Crippen LogP) is 3.37. The van der Waals surface area contributed by atoms with Crippen LogP contribution in [0.25, 0.3) is 0 Å². The highest BCUT2D eigenvalue weighted by atomic mass is 16.6. The molecule has 5 atom stereocenters. The number of hydrogen-bond acceptors (Lipinski definition) is 6. The number of nitro groups is 1. The van der Waals surface area contributed by atoms with Crippen molar-refractivity contribution >= 4 is 29.3 Å². The Morgan fingerprint density at radius 1 is 1.12 bits per heavy atom. The lowest BCUT2D eigenvalue weighted by molar-refractivity contribution is -0.402. The van der Waals surface area contributed by atoms with Gasteiger partial charge >= 0.3 is 5.88 Å². The summed E-state index contributed by atoms with van der Waals surface area (Å²) in [5.74, 6) is -2.44. The van der Waals surface area contributed by atoms with Crippen molar-refractivity contribution in [2.24, 2.45) is 23.7 Å². The fraction of sp³-hybridized carbons (Fsp3) is 0.348. The van der Waals surface area contributed by atoms with Gasteiger partial charge in [0.2, 0.25) is 17.7 Å². The third-order valence-electron chi connectivity index (χ3n) is 6.65. The van der Waals surface area contributed by atoms with Gasteiger partial charge in [0.25, 0.3) is 0 Å². The number of hydrogen-bond donors (Lipinski definition) is 1. The van der Waals surface area contributed by atoms with Gasteiger partial charge in [-0.3, -0.25) is 29.4 Å². The van der Waals surface area contributed by atoms with Gasteiger partial charge in [-0.1, -0.05) is 29.8 Å². The molecule has 1 saturated heterocycles. The van der Waals surface area contributed by atoms with Crippen LogP contribution in [0.3, 0.4) is 0 Å². The number of imide groups is 1. The summed E-state index contributed by atoms with van der Waals surface area (Å²) in [6.45, 7) is 1.93. The minimum Gasteiger partial charge on any atom is -0.404 e. The fourth-order valence-electron chi connectivity index (χ4n) is 5.20. The first kappa shape index (κ1) is 20.2. The molecule has 1 aromatic heterocycles. The van der Waals surface area contributed by atoms with E-state index in [0.717, 1.165) is 23.0 Å². The van der Waals surface area contributed by atoms with Crippen molar-refractivity contribution < 1.29 is 23.7 Å². The Morgan fingerprint density at radius 2 is 1.75 bits per heavy atom. The molecular weight excluding hydrogens is 414 g/mol. The number of aryl methyl sites for hydroxylation is 1. The summed E-state index contributed by atoms with van der Waals surface area (Å²) in [4.78, 5) is 50.9. The zero-order valence-electron chi connectivity index (χ0n) is 17.3. The van der Waals surface area contributed by atoms with Crippen molar-refractivity contribution in [3.05, 3.63) is 70.0 Å². The molecule has 3 amide bonds. The maximum Gasteiger partial charge on any atom is 0.433 e. The first-order chi connectivity index (χ1) is 15.3. The van der Waals surface area contributed by atoms with E-state index in [9.17, 15) is 24.5 Å². The number of carbonyl (C=O) groups excluding carboxylic acids is 3. The Balaban J connectivity index is 1.44. The summed E-state index contributed by atoms with van der Waals surface area (Å²) in [5, 5.41) is 13.9. The molecule has 2 aliphatic carbocycles. The largest absolute Gasteiger partial charge is 0.433 e. The molecule has 2 aromatic rings. The highest BCUT2D eigenvalue weighted by molar-refractivity contribution is 6.07. The minimum atomic E-state index is -1.06. The SMILES string of the molecule is Cc1ccc(NC(=O)CC(c2ccc([N+](=O)[O-])o2)N2C(=O)C3C4C=CC(C4)C3C2=O)cc1. The Morgan fingerprint density at radius 3 is 2.31 bits per heavy atom. The van der Waals surface area contributed by atoms with E-state index in [2.05, 4.69) is 5.32 Å². The average molecular weight is 435 g/mol. The number of allylic oxidation sites excluding steroid dienone is 2. The van der Waals surface area contributed by atoms with E-state index in [1.165, 1.54) is 6.07 Å². The van der Waals surface area contributed by atoms with Crippen LogP contribution in [0, 0.1) is 40.7 Å². The maximum absolute atomic E-state index is 13.3. The molecule has 9 nitrogen and oxygen atoms in total. The molecule has 2 heterocycles. The zero-order valence-corrected chi connectivity index (χ0v) is 17.3. The van der Waals surface area contributed by atoms with E-state index in [0.29, 0.717) is 5.69 Å². The molecule has 164 valence electrons. The first-order valence-corrected chi connectivity index (χ1v) is 10.5.